The number of rotatable bonds is 6. The first-order valence-electron chi connectivity index (χ1n) is 7.96. The average molecular weight is 294 g/mol. The smallest absolute Gasteiger partial charge is 0.123 e. The molecule has 0 aromatic heterocycles. The Balaban J connectivity index is 2.22. The SMILES string of the molecule is CCOC1(C(Cc2cc(F)ccc2C)NN)CCCCC1. The minimum Gasteiger partial charge on any atom is -0.374 e. The molecule has 1 aliphatic rings. The Kier molecular flexibility index (Phi) is 5.73. The molecule has 2 rings (SSSR count). The first-order chi connectivity index (χ1) is 10.1. The Labute approximate surface area is 127 Å². The standard InChI is InChI=1S/C17H27FN2O/c1-3-21-17(9-5-4-6-10-17)16(20-19)12-14-11-15(18)8-7-13(14)2/h7-8,11,16,20H,3-6,9-10,12,19H2,1-2H3. The molecule has 1 fully saturated rings. The van der Waals surface area contributed by atoms with E-state index < -0.39 is 0 Å². The van der Waals surface area contributed by atoms with Crippen molar-refractivity contribution < 1.29 is 9.13 Å². The first kappa shape index (κ1) is 16.4. The summed E-state index contributed by atoms with van der Waals surface area (Å²) in [6.45, 7) is 4.72. The third-order valence-electron chi connectivity index (χ3n) is 4.70. The highest BCUT2D eigenvalue weighted by atomic mass is 19.1. The van der Waals surface area contributed by atoms with E-state index in [0.29, 0.717) is 13.0 Å². The number of nitrogens with one attached hydrogen (secondary N) is 1. The van der Waals surface area contributed by atoms with Crippen molar-refractivity contribution in [3.05, 3.63) is 35.1 Å². The van der Waals surface area contributed by atoms with E-state index in [-0.39, 0.29) is 17.5 Å². The van der Waals surface area contributed by atoms with Crippen LogP contribution in [-0.4, -0.2) is 18.2 Å². The average Bonchev–Trinajstić information content (AvgIpc) is 2.49. The summed E-state index contributed by atoms with van der Waals surface area (Å²) in [6.07, 6.45) is 6.32. The van der Waals surface area contributed by atoms with Crippen LogP contribution in [0.1, 0.15) is 50.2 Å². The second-order valence-corrected chi connectivity index (χ2v) is 6.05. The molecule has 0 spiro atoms. The fourth-order valence-electron chi connectivity index (χ4n) is 3.51. The predicted molar refractivity (Wildman–Crippen MR) is 83.4 cm³/mol. The van der Waals surface area contributed by atoms with E-state index in [1.54, 1.807) is 6.07 Å². The van der Waals surface area contributed by atoms with E-state index in [4.69, 9.17) is 10.6 Å². The zero-order valence-corrected chi connectivity index (χ0v) is 13.1. The van der Waals surface area contributed by atoms with Gasteiger partial charge in [-0.15, -0.1) is 0 Å². The highest BCUT2D eigenvalue weighted by Crippen LogP contribution is 2.36. The Bertz CT molecular complexity index is 453. The maximum absolute atomic E-state index is 13.5. The monoisotopic (exact) mass is 294 g/mol. The third kappa shape index (κ3) is 3.82. The van der Waals surface area contributed by atoms with Crippen molar-refractivity contribution >= 4 is 0 Å². The van der Waals surface area contributed by atoms with Gasteiger partial charge in [0.25, 0.3) is 0 Å². The lowest BCUT2D eigenvalue weighted by atomic mass is 9.77. The quantitative estimate of drug-likeness (QED) is 0.625. The largest absolute Gasteiger partial charge is 0.374 e. The summed E-state index contributed by atoms with van der Waals surface area (Å²) in [6, 6.07) is 4.95. The summed E-state index contributed by atoms with van der Waals surface area (Å²) in [7, 11) is 0. The number of hydrazine groups is 1. The van der Waals surface area contributed by atoms with Crippen molar-refractivity contribution in [2.75, 3.05) is 6.61 Å². The lowest BCUT2D eigenvalue weighted by Gasteiger charge is -2.43. The van der Waals surface area contributed by atoms with Crippen LogP contribution >= 0.6 is 0 Å². The molecule has 1 aromatic rings. The van der Waals surface area contributed by atoms with E-state index in [1.807, 2.05) is 19.9 Å². The van der Waals surface area contributed by atoms with Crippen LogP contribution in [0.5, 0.6) is 0 Å². The van der Waals surface area contributed by atoms with Crippen LogP contribution in [0.4, 0.5) is 4.39 Å². The number of nitrogens with two attached hydrogens (primary N) is 1. The summed E-state index contributed by atoms with van der Waals surface area (Å²) in [5.41, 5.74) is 4.82. The molecule has 0 radical (unpaired) electrons. The second kappa shape index (κ2) is 7.34. The van der Waals surface area contributed by atoms with Crippen LogP contribution in [-0.2, 0) is 11.2 Å². The molecular formula is C17H27FN2O. The molecule has 0 amide bonds. The molecule has 1 saturated carbocycles. The molecular weight excluding hydrogens is 267 g/mol. The van der Waals surface area contributed by atoms with Crippen molar-refractivity contribution in [3.8, 4) is 0 Å². The second-order valence-electron chi connectivity index (χ2n) is 6.05. The molecule has 0 heterocycles. The number of ether oxygens (including phenoxy) is 1. The van der Waals surface area contributed by atoms with E-state index in [2.05, 4.69) is 5.43 Å². The van der Waals surface area contributed by atoms with Crippen molar-refractivity contribution in [1.82, 2.24) is 5.43 Å². The minimum atomic E-state index is -0.222. The summed E-state index contributed by atoms with van der Waals surface area (Å²) in [4.78, 5) is 0. The number of aryl methyl sites for hydroxylation is 1. The van der Waals surface area contributed by atoms with Gasteiger partial charge in [-0.05, 0) is 56.4 Å². The summed E-state index contributed by atoms with van der Waals surface area (Å²) < 4.78 is 19.6. The maximum Gasteiger partial charge on any atom is 0.123 e. The van der Waals surface area contributed by atoms with Crippen LogP contribution in [0.15, 0.2) is 18.2 Å². The molecule has 0 saturated heterocycles. The molecule has 1 aromatic carbocycles. The first-order valence-corrected chi connectivity index (χ1v) is 7.96. The molecule has 21 heavy (non-hydrogen) atoms. The number of benzene rings is 1. The van der Waals surface area contributed by atoms with Gasteiger partial charge in [0.15, 0.2) is 0 Å². The Morgan fingerprint density at radius 3 is 2.67 bits per heavy atom. The van der Waals surface area contributed by atoms with E-state index >= 15 is 0 Å². The normalized spacial score (nSPS) is 19.4. The summed E-state index contributed by atoms with van der Waals surface area (Å²) >= 11 is 0. The van der Waals surface area contributed by atoms with Crippen molar-refractivity contribution in [1.29, 1.82) is 0 Å². The molecule has 0 aliphatic heterocycles. The molecule has 118 valence electrons. The zero-order chi connectivity index (χ0) is 15.3. The molecule has 3 nitrogen and oxygen atoms in total. The van der Waals surface area contributed by atoms with Gasteiger partial charge in [-0.2, -0.15) is 0 Å². The fraction of sp³-hybridized carbons (Fsp3) is 0.647. The van der Waals surface area contributed by atoms with E-state index in [1.165, 1.54) is 25.3 Å². The number of hydrogen-bond donors (Lipinski definition) is 2. The summed E-state index contributed by atoms with van der Waals surface area (Å²) in [5.74, 6) is 5.64. The van der Waals surface area contributed by atoms with Crippen LogP contribution in [0.2, 0.25) is 0 Å². The van der Waals surface area contributed by atoms with Crippen LogP contribution in [0, 0.1) is 12.7 Å². The summed E-state index contributed by atoms with van der Waals surface area (Å²) in [5, 5.41) is 0. The molecule has 4 heteroatoms. The van der Waals surface area contributed by atoms with Gasteiger partial charge in [-0.1, -0.05) is 25.3 Å². The number of hydrogen-bond acceptors (Lipinski definition) is 3. The van der Waals surface area contributed by atoms with Crippen LogP contribution in [0.25, 0.3) is 0 Å². The Morgan fingerprint density at radius 1 is 1.33 bits per heavy atom. The highest BCUT2D eigenvalue weighted by Gasteiger charge is 2.40. The molecule has 0 bridgehead atoms. The molecule has 1 aliphatic carbocycles. The van der Waals surface area contributed by atoms with Gasteiger partial charge in [0, 0.05) is 6.61 Å². The van der Waals surface area contributed by atoms with E-state index in [9.17, 15) is 4.39 Å². The Hall–Kier alpha value is -0.970. The fourth-order valence-corrected chi connectivity index (χ4v) is 3.51. The molecule has 1 atom stereocenters. The van der Waals surface area contributed by atoms with Gasteiger partial charge in [-0.25, -0.2) is 4.39 Å². The van der Waals surface area contributed by atoms with Crippen LogP contribution < -0.4 is 11.3 Å². The highest BCUT2D eigenvalue weighted by molar-refractivity contribution is 5.28. The van der Waals surface area contributed by atoms with Gasteiger partial charge in [-0.3, -0.25) is 11.3 Å². The van der Waals surface area contributed by atoms with Crippen molar-refractivity contribution in [3.63, 3.8) is 0 Å². The lowest BCUT2D eigenvalue weighted by molar-refractivity contribution is -0.0898. The van der Waals surface area contributed by atoms with Gasteiger partial charge in [0.05, 0.1) is 11.6 Å². The maximum atomic E-state index is 13.5. The van der Waals surface area contributed by atoms with Crippen LogP contribution in [0.3, 0.4) is 0 Å². The van der Waals surface area contributed by atoms with E-state index in [0.717, 1.165) is 24.0 Å². The predicted octanol–water partition coefficient (Wildman–Crippen LogP) is 3.25. The molecule has 3 N–H and O–H groups in total. The van der Waals surface area contributed by atoms with Crippen molar-refractivity contribution in [2.45, 2.75) is 64.0 Å². The Morgan fingerprint density at radius 2 is 2.05 bits per heavy atom. The molecule has 1 unspecified atom stereocenters. The number of halogens is 1. The van der Waals surface area contributed by atoms with Gasteiger partial charge < -0.3 is 4.74 Å². The third-order valence-corrected chi connectivity index (χ3v) is 4.70. The zero-order valence-electron chi connectivity index (χ0n) is 13.1. The topological polar surface area (TPSA) is 47.3 Å². The lowest BCUT2D eigenvalue weighted by Crippen LogP contribution is -2.57. The van der Waals surface area contributed by atoms with Crippen molar-refractivity contribution in [2.24, 2.45) is 5.84 Å². The minimum absolute atomic E-state index is 0.0123. The van der Waals surface area contributed by atoms with Gasteiger partial charge >= 0.3 is 0 Å². The van der Waals surface area contributed by atoms with Gasteiger partial charge in [0.1, 0.15) is 5.82 Å². The van der Waals surface area contributed by atoms with Gasteiger partial charge in [0.2, 0.25) is 0 Å².